The zero-order valence-corrected chi connectivity index (χ0v) is 14.1. The molecule has 120 valence electrons. The SMILES string of the molecule is O=C1/C(=C/c2cccnc2)SC(=S)N1c1ccc2c(c1)OCCO2. The van der Waals surface area contributed by atoms with Crippen molar-refractivity contribution in [2.24, 2.45) is 0 Å². The van der Waals surface area contributed by atoms with Crippen LogP contribution in [0.5, 0.6) is 11.5 Å². The lowest BCUT2D eigenvalue weighted by Gasteiger charge is -2.21. The number of hydrogen-bond acceptors (Lipinski definition) is 6. The van der Waals surface area contributed by atoms with Gasteiger partial charge in [-0.1, -0.05) is 30.0 Å². The molecule has 2 aliphatic rings. The Balaban J connectivity index is 1.66. The highest BCUT2D eigenvalue weighted by Gasteiger charge is 2.34. The van der Waals surface area contributed by atoms with Gasteiger partial charge in [-0.05, 0) is 29.8 Å². The molecule has 3 heterocycles. The Morgan fingerprint density at radius 1 is 1.21 bits per heavy atom. The normalized spacial score (nSPS) is 18.3. The fraction of sp³-hybridized carbons (Fsp3) is 0.118. The van der Waals surface area contributed by atoms with E-state index >= 15 is 0 Å². The summed E-state index contributed by atoms with van der Waals surface area (Å²) in [4.78, 5) is 18.9. The molecule has 0 radical (unpaired) electrons. The summed E-state index contributed by atoms with van der Waals surface area (Å²) in [5.41, 5.74) is 1.54. The summed E-state index contributed by atoms with van der Waals surface area (Å²) in [6, 6.07) is 9.11. The molecule has 4 rings (SSSR count). The third kappa shape index (κ3) is 2.76. The van der Waals surface area contributed by atoms with Crippen molar-refractivity contribution in [2.45, 2.75) is 0 Å². The highest BCUT2D eigenvalue weighted by atomic mass is 32.2. The first-order chi connectivity index (χ1) is 11.7. The van der Waals surface area contributed by atoms with Crippen LogP contribution in [-0.2, 0) is 4.79 Å². The summed E-state index contributed by atoms with van der Waals surface area (Å²) < 4.78 is 11.6. The smallest absolute Gasteiger partial charge is 0.270 e. The molecule has 7 heteroatoms. The van der Waals surface area contributed by atoms with Gasteiger partial charge in [-0.3, -0.25) is 14.7 Å². The lowest BCUT2D eigenvalue weighted by molar-refractivity contribution is -0.113. The number of benzene rings is 1. The molecule has 2 aromatic rings. The summed E-state index contributed by atoms with van der Waals surface area (Å²) >= 11 is 6.67. The van der Waals surface area contributed by atoms with E-state index < -0.39 is 0 Å². The van der Waals surface area contributed by atoms with E-state index in [9.17, 15) is 4.79 Å². The fourth-order valence-electron chi connectivity index (χ4n) is 2.47. The molecule has 1 amide bonds. The van der Waals surface area contributed by atoms with Crippen LogP contribution in [0.1, 0.15) is 5.56 Å². The van der Waals surface area contributed by atoms with E-state index in [0.29, 0.717) is 39.6 Å². The van der Waals surface area contributed by atoms with Gasteiger partial charge in [-0.15, -0.1) is 0 Å². The minimum Gasteiger partial charge on any atom is -0.486 e. The van der Waals surface area contributed by atoms with Crippen molar-refractivity contribution < 1.29 is 14.3 Å². The van der Waals surface area contributed by atoms with E-state index in [2.05, 4.69) is 4.98 Å². The number of anilines is 1. The topological polar surface area (TPSA) is 51.7 Å². The van der Waals surface area contributed by atoms with Gasteiger partial charge in [0, 0.05) is 18.5 Å². The standard InChI is InChI=1S/C17H12N2O3S2/c20-16-15(8-11-2-1-5-18-10-11)24-17(23)19(16)12-3-4-13-14(9-12)22-7-6-21-13/h1-5,8-10H,6-7H2/b15-8-. The lowest BCUT2D eigenvalue weighted by atomic mass is 10.2. The fourth-order valence-corrected chi connectivity index (χ4v) is 3.77. The van der Waals surface area contributed by atoms with Gasteiger partial charge in [0.05, 0.1) is 10.6 Å². The maximum absolute atomic E-state index is 12.7. The number of ether oxygens (including phenoxy) is 2. The first-order valence-corrected chi connectivity index (χ1v) is 8.52. The van der Waals surface area contributed by atoms with E-state index in [4.69, 9.17) is 21.7 Å². The van der Waals surface area contributed by atoms with Crippen molar-refractivity contribution in [2.75, 3.05) is 18.1 Å². The molecule has 0 unspecified atom stereocenters. The van der Waals surface area contributed by atoms with E-state index in [1.165, 1.54) is 16.7 Å². The number of rotatable bonds is 2. The van der Waals surface area contributed by atoms with Crippen LogP contribution in [0, 0.1) is 0 Å². The predicted molar refractivity (Wildman–Crippen MR) is 97.3 cm³/mol. The molecule has 0 bridgehead atoms. The first kappa shape index (κ1) is 15.2. The molecule has 0 N–H and O–H groups in total. The Kier molecular flexibility index (Phi) is 3.95. The quantitative estimate of drug-likeness (QED) is 0.608. The molecule has 24 heavy (non-hydrogen) atoms. The Morgan fingerprint density at radius 2 is 2.04 bits per heavy atom. The molecule has 2 aliphatic heterocycles. The molecule has 1 fully saturated rings. The Hall–Kier alpha value is -2.38. The monoisotopic (exact) mass is 356 g/mol. The molecular formula is C17H12N2O3S2. The van der Waals surface area contributed by atoms with Crippen molar-refractivity contribution in [3.8, 4) is 11.5 Å². The van der Waals surface area contributed by atoms with E-state index in [-0.39, 0.29) is 5.91 Å². The highest BCUT2D eigenvalue weighted by molar-refractivity contribution is 8.27. The van der Waals surface area contributed by atoms with Crippen LogP contribution in [0.2, 0.25) is 0 Å². The average molecular weight is 356 g/mol. The van der Waals surface area contributed by atoms with E-state index in [1.54, 1.807) is 30.6 Å². The van der Waals surface area contributed by atoms with Gasteiger partial charge in [0.25, 0.3) is 5.91 Å². The van der Waals surface area contributed by atoms with E-state index in [1.807, 2.05) is 18.2 Å². The summed E-state index contributed by atoms with van der Waals surface area (Å²) in [5, 5.41) is 0. The third-order valence-corrected chi connectivity index (χ3v) is 4.86. The van der Waals surface area contributed by atoms with Crippen LogP contribution in [0.3, 0.4) is 0 Å². The van der Waals surface area contributed by atoms with Crippen LogP contribution in [0.25, 0.3) is 6.08 Å². The summed E-state index contributed by atoms with van der Waals surface area (Å²) in [7, 11) is 0. The Morgan fingerprint density at radius 3 is 2.83 bits per heavy atom. The summed E-state index contributed by atoms with van der Waals surface area (Å²) in [6.07, 6.45) is 5.19. The number of hydrogen-bond donors (Lipinski definition) is 0. The molecular weight excluding hydrogens is 344 g/mol. The minimum atomic E-state index is -0.148. The maximum atomic E-state index is 12.7. The highest BCUT2D eigenvalue weighted by Crippen LogP contribution is 2.40. The van der Waals surface area contributed by atoms with Crippen molar-refractivity contribution in [3.05, 3.63) is 53.2 Å². The zero-order valence-electron chi connectivity index (χ0n) is 12.5. The number of carbonyl (C=O) groups excluding carboxylic acids is 1. The van der Waals surface area contributed by atoms with Gasteiger partial charge in [-0.25, -0.2) is 0 Å². The largest absolute Gasteiger partial charge is 0.486 e. The zero-order chi connectivity index (χ0) is 16.5. The first-order valence-electron chi connectivity index (χ1n) is 7.30. The average Bonchev–Trinajstić information content (AvgIpc) is 2.89. The molecule has 0 aliphatic carbocycles. The molecule has 5 nitrogen and oxygen atoms in total. The number of nitrogens with zero attached hydrogens (tertiary/aromatic N) is 2. The second-order valence-electron chi connectivity index (χ2n) is 5.13. The van der Waals surface area contributed by atoms with Gasteiger partial charge in [0.15, 0.2) is 15.8 Å². The molecule has 1 aromatic heterocycles. The number of thiocarbonyl (C=S) groups is 1. The predicted octanol–water partition coefficient (Wildman–Crippen LogP) is 3.26. The summed E-state index contributed by atoms with van der Waals surface area (Å²) in [6.45, 7) is 1.02. The second kappa shape index (κ2) is 6.26. The van der Waals surface area contributed by atoms with Gasteiger partial charge in [-0.2, -0.15) is 0 Å². The van der Waals surface area contributed by atoms with Crippen LogP contribution >= 0.6 is 24.0 Å². The van der Waals surface area contributed by atoms with E-state index in [0.717, 1.165) is 5.56 Å². The molecule has 1 saturated heterocycles. The third-order valence-electron chi connectivity index (χ3n) is 3.56. The van der Waals surface area contributed by atoms with Gasteiger partial charge in [0.1, 0.15) is 13.2 Å². The molecule has 0 atom stereocenters. The van der Waals surface area contributed by atoms with Crippen molar-refractivity contribution >= 4 is 46.0 Å². The van der Waals surface area contributed by atoms with Crippen molar-refractivity contribution in [1.29, 1.82) is 0 Å². The van der Waals surface area contributed by atoms with Gasteiger partial charge >= 0.3 is 0 Å². The van der Waals surface area contributed by atoms with Crippen molar-refractivity contribution in [1.82, 2.24) is 4.98 Å². The second-order valence-corrected chi connectivity index (χ2v) is 6.81. The Bertz CT molecular complexity index is 852. The van der Waals surface area contributed by atoms with Gasteiger partial charge in [0.2, 0.25) is 0 Å². The molecule has 0 spiro atoms. The number of carbonyl (C=O) groups is 1. The number of thioether (sulfide) groups is 1. The number of fused-ring (bicyclic) bond motifs is 1. The van der Waals surface area contributed by atoms with Crippen LogP contribution in [0.15, 0.2) is 47.6 Å². The molecule has 1 aromatic carbocycles. The number of pyridine rings is 1. The lowest BCUT2D eigenvalue weighted by Crippen LogP contribution is -2.27. The van der Waals surface area contributed by atoms with Crippen LogP contribution < -0.4 is 14.4 Å². The Labute approximate surface area is 148 Å². The van der Waals surface area contributed by atoms with Gasteiger partial charge < -0.3 is 9.47 Å². The molecule has 0 saturated carbocycles. The summed E-state index contributed by atoms with van der Waals surface area (Å²) in [5.74, 6) is 1.16. The minimum absolute atomic E-state index is 0.148. The van der Waals surface area contributed by atoms with Crippen molar-refractivity contribution in [3.63, 3.8) is 0 Å². The maximum Gasteiger partial charge on any atom is 0.270 e. The van der Waals surface area contributed by atoms with Crippen LogP contribution in [0.4, 0.5) is 5.69 Å². The number of amides is 1. The van der Waals surface area contributed by atoms with Crippen LogP contribution in [-0.4, -0.2) is 28.4 Å². The number of aromatic nitrogens is 1.